The van der Waals surface area contributed by atoms with E-state index in [4.69, 9.17) is 0 Å². The van der Waals surface area contributed by atoms with Gasteiger partial charge in [-0.1, -0.05) is 52.0 Å². The maximum atomic E-state index is 13.1. The number of carbonyl (C=O) groups is 2. The first-order valence-corrected chi connectivity index (χ1v) is 16.5. The van der Waals surface area contributed by atoms with Gasteiger partial charge in [0.05, 0.1) is 10.8 Å². The second-order valence-corrected chi connectivity index (χ2v) is 16.5. The summed E-state index contributed by atoms with van der Waals surface area (Å²) in [4.78, 5) is 26.2. The molecule has 4 aliphatic rings. The molecule has 0 saturated heterocycles. The Balaban J connectivity index is 1.44. The maximum Gasteiger partial charge on any atom is 0.269 e. The summed E-state index contributed by atoms with van der Waals surface area (Å²) >= 11 is 0. The lowest BCUT2D eigenvalue weighted by Crippen LogP contribution is -2.51. The highest BCUT2D eigenvalue weighted by molar-refractivity contribution is 7.86. The topological polar surface area (TPSA) is 143 Å². The molecule has 38 heavy (non-hydrogen) atoms. The number of benzene rings is 1. The van der Waals surface area contributed by atoms with Crippen molar-refractivity contribution in [3.63, 3.8) is 0 Å². The smallest absolute Gasteiger partial charge is 0.269 e. The van der Waals surface area contributed by atoms with Crippen molar-refractivity contribution in [3.05, 3.63) is 35.4 Å². The van der Waals surface area contributed by atoms with Gasteiger partial charge in [0, 0.05) is 12.8 Å². The zero-order chi connectivity index (χ0) is 28.1. The Morgan fingerprint density at radius 2 is 1.03 bits per heavy atom. The maximum absolute atomic E-state index is 13.1. The van der Waals surface area contributed by atoms with Crippen molar-refractivity contribution in [3.8, 4) is 0 Å². The number of hydrogen-bond donors (Lipinski definition) is 2. The fourth-order valence-electron chi connectivity index (χ4n) is 9.24. The van der Waals surface area contributed by atoms with Crippen LogP contribution in [0.4, 0.5) is 0 Å². The van der Waals surface area contributed by atoms with Crippen LogP contribution in [0.1, 0.15) is 77.3 Å². The molecule has 4 bridgehead atoms. The lowest BCUT2D eigenvalue weighted by Gasteiger charge is -2.41. The van der Waals surface area contributed by atoms with E-state index in [0.717, 1.165) is 12.8 Å². The van der Waals surface area contributed by atoms with Crippen molar-refractivity contribution < 1.29 is 35.5 Å². The minimum Gasteiger partial charge on any atom is -0.299 e. The van der Waals surface area contributed by atoms with E-state index in [1.165, 1.54) is 0 Å². The van der Waals surface area contributed by atoms with Crippen molar-refractivity contribution in [1.82, 2.24) is 0 Å². The summed E-state index contributed by atoms with van der Waals surface area (Å²) in [6.45, 7) is 7.69. The first-order chi connectivity index (χ1) is 17.4. The van der Waals surface area contributed by atoms with Crippen molar-refractivity contribution in [1.29, 1.82) is 0 Å². The van der Waals surface area contributed by atoms with Gasteiger partial charge in [-0.25, -0.2) is 0 Å². The average molecular weight is 567 g/mol. The Kier molecular flexibility index (Phi) is 6.20. The normalized spacial score (nSPS) is 35.1. The van der Waals surface area contributed by atoms with Crippen LogP contribution in [0.25, 0.3) is 0 Å². The molecule has 8 nitrogen and oxygen atoms in total. The number of ketones is 2. The molecule has 1 aromatic rings. The van der Waals surface area contributed by atoms with E-state index in [9.17, 15) is 35.5 Å². The van der Waals surface area contributed by atoms with Crippen molar-refractivity contribution in [2.75, 3.05) is 0 Å². The van der Waals surface area contributed by atoms with Gasteiger partial charge in [0.2, 0.25) is 0 Å². The van der Waals surface area contributed by atoms with Crippen LogP contribution in [0.5, 0.6) is 0 Å². The highest BCUT2D eigenvalue weighted by Gasteiger charge is 2.70. The molecule has 1 aromatic carbocycles. The van der Waals surface area contributed by atoms with Crippen LogP contribution in [0, 0.1) is 33.5 Å². The lowest BCUT2D eigenvalue weighted by atomic mass is 9.65. The molecule has 5 rings (SSSR count). The summed E-state index contributed by atoms with van der Waals surface area (Å²) < 4.78 is 71.1. The zero-order valence-electron chi connectivity index (χ0n) is 22.4. The summed E-state index contributed by atoms with van der Waals surface area (Å²) in [6, 6.07) is 6.73. The van der Waals surface area contributed by atoms with Gasteiger partial charge in [-0.15, -0.1) is 0 Å². The first kappa shape index (κ1) is 27.9. The number of Topliss-reactive ketones (excluding diaryl/α,β-unsaturated/α-hetero) is 2. The summed E-state index contributed by atoms with van der Waals surface area (Å²) in [5, 5.41) is -2.54. The molecule has 0 amide bonds. The van der Waals surface area contributed by atoms with Gasteiger partial charge in [0.15, 0.2) is 0 Å². The van der Waals surface area contributed by atoms with E-state index in [-0.39, 0.29) is 36.2 Å². The molecule has 0 heterocycles. The third kappa shape index (κ3) is 3.65. The van der Waals surface area contributed by atoms with Gasteiger partial charge >= 0.3 is 0 Å². The number of fused-ring (bicyclic) bond motifs is 4. The lowest BCUT2D eigenvalue weighted by molar-refractivity contribution is -0.130. The molecule has 6 atom stereocenters. The standard InChI is InChI=1S/C28H38O8S2/c1-25(2)19-9-11-27(25,21(29)15-19)23(37(31,32)33)13-17-5-7-18(8-6-17)14-24(38(34,35)36)28-12-10-20(16-22(28)30)26(28,3)4/h5-8,19-20,23-24H,9-16H2,1-4H3,(H,31,32,33)(H,34,35,36). The van der Waals surface area contributed by atoms with Gasteiger partial charge in [-0.05, 0) is 72.3 Å². The van der Waals surface area contributed by atoms with Gasteiger partial charge in [-0.3, -0.25) is 18.7 Å². The second-order valence-electron chi connectivity index (χ2n) is 13.3. The zero-order valence-corrected chi connectivity index (χ0v) is 24.1. The van der Waals surface area contributed by atoms with Crippen LogP contribution in [0.15, 0.2) is 24.3 Å². The third-order valence-electron chi connectivity index (χ3n) is 11.7. The highest BCUT2D eigenvalue weighted by Crippen LogP contribution is 2.67. The van der Waals surface area contributed by atoms with Crippen LogP contribution in [-0.2, 0) is 42.7 Å². The van der Waals surface area contributed by atoms with Crippen LogP contribution in [0.2, 0.25) is 0 Å². The minimum absolute atomic E-state index is 0.0418. The Bertz CT molecular complexity index is 1290. The molecule has 0 aromatic heterocycles. The number of carbonyl (C=O) groups excluding carboxylic acids is 2. The largest absolute Gasteiger partial charge is 0.299 e. The van der Waals surface area contributed by atoms with E-state index in [2.05, 4.69) is 0 Å². The first-order valence-electron chi connectivity index (χ1n) is 13.5. The molecule has 6 unspecified atom stereocenters. The van der Waals surface area contributed by atoms with Crippen LogP contribution in [-0.4, -0.2) is 48.0 Å². The Hall–Kier alpha value is -1.62. The van der Waals surface area contributed by atoms with Gasteiger partial charge in [0.25, 0.3) is 20.2 Å². The Morgan fingerprint density at radius 1 is 0.711 bits per heavy atom. The molecular weight excluding hydrogens is 528 g/mol. The Morgan fingerprint density at radius 3 is 1.24 bits per heavy atom. The molecule has 10 heteroatoms. The summed E-state index contributed by atoms with van der Waals surface area (Å²) in [7, 11) is -9.10. The molecule has 4 fully saturated rings. The van der Waals surface area contributed by atoms with E-state index in [1.807, 2.05) is 27.7 Å². The SMILES string of the molecule is CC1(C)C2CCC1(C(Cc1ccc(CC(C34CCC(CC3=O)C4(C)C)S(=O)(=O)O)cc1)S(=O)(=O)O)C(=O)C2. The summed E-state index contributed by atoms with van der Waals surface area (Å²) in [5.74, 6) is -0.0221. The molecule has 2 N–H and O–H groups in total. The highest BCUT2D eigenvalue weighted by atomic mass is 32.2. The number of rotatable bonds is 8. The van der Waals surface area contributed by atoms with E-state index < -0.39 is 52.4 Å². The third-order valence-corrected chi connectivity index (χ3v) is 14.2. The monoisotopic (exact) mass is 566 g/mol. The van der Waals surface area contributed by atoms with E-state index >= 15 is 0 Å². The van der Waals surface area contributed by atoms with Crippen LogP contribution < -0.4 is 0 Å². The molecular formula is C28H38O8S2. The van der Waals surface area contributed by atoms with Crippen LogP contribution in [0.3, 0.4) is 0 Å². The molecule has 0 spiro atoms. The molecule has 210 valence electrons. The molecule has 4 aliphatic carbocycles. The van der Waals surface area contributed by atoms with Gasteiger partial charge in [0.1, 0.15) is 22.1 Å². The van der Waals surface area contributed by atoms with Gasteiger partial charge < -0.3 is 0 Å². The van der Waals surface area contributed by atoms with E-state index in [0.29, 0.717) is 36.8 Å². The summed E-state index contributed by atoms with van der Waals surface area (Å²) in [6.07, 6.45) is 2.92. The number of hydrogen-bond acceptors (Lipinski definition) is 6. The molecule has 0 aliphatic heterocycles. The van der Waals surface area contributed by atoms with Crippen molar-refractivity contribution in [2.45, 2.75) is 89.6 Å². The van der Waals surface area contributed by atoms with Crippen molar-refractivity contribution >= 4 is 31.8 Å². The van der Waals surface area contributed by atoms with Crippen LogP contribution >= 0.6 is 0 Å². The van der Waals surface area contributed by atoms with Crippen molar-refractivity contribution in [2.24, 2.45) is 33.5 Å². The molecule has 4 saturated carbocycles. The fourth-order valence-corrected chi connectivity index (χ4v) is 12.2. The Labute approximate surface area is 225 Å². The van der Waals surface area contributed by atoms with E-state index in [1.54, 1.807) is 24.3 Å². The second kappa shape index (κ2) is 8.44. The average Bonchev–Trinajstić information content (AvgIpc) is 3.34. The minimum atomic E-state index is -4.55. The molecule has 0 radical (unpaired) electrons. The predicted molar refractivity (Wildman–Crippen MR) is 142 cm³/mol. The van der Waals surface area contributed by atoms with Gasteiger partial charge in [-0.2, -0.15) is 16.8 Å². The summed E-state index contributed by atoms with van der Waals surface area (Å²) in [5.41, 5.74) is -2.19. The predicted octanol–water partition coefficient (Wildman–Crippen LogP) is 4.08. The fraction of sp³-hybridized carbons (Fsp3) is 0.714. The quantitative estimate of drug-likeness (QED) is 0.448.